The number of carbonyl (C=O) groups is 1. The van der Waals surface area contributed by atoms with Gasteiger partial charge in [0.2, 0.25) is 0 Å². The molecule has 0 aliphatic carbocycles. The highest BCUT2D eigenvalue weighted by atomic mass is 127. The van der Waals surface area contributed by atoms with Gasteiger partial charge in [0.15, 0.2) is 5.96 Å². The summed E-state index contributed by atoms with van der Waals surface area (Å²) in [4.78, 5) is 22.1. The van der Waals surface area contributed by atoms with Crippen molar-refractivity contribution < 1.29 is 14.3 Å². The lowest BCUT2D eigenvalue weighted by Gasteiger charge is -2.21. The van der Waals surface area contributed by atoms with E-state index in [9.17, 15) is 4.79 Å². The molecular weight excluding hydrogens is 423 g/mol. The first-order valence-electron chi connectivity index (χ1n) is 7.72. The number of hydrogen-bond acceptors (Lipinski definition) is 5. The predicted octanol–water partition coefficient (Wildman–Crippen LogP) is 1.39. The molecule has 0 amide bonds. The van der Waals surface area contributed by atoms with Crippen molar-refractivity contribution in [3.63, 3.8) is 0 Å². The van der Waals surface area contributed by atoms with Crippen molar-refractivity contribution in [2.45, 2.75) is 6.92 Å². The number of halogens is 1. The van der Waals surface area contributed by atoms with Gasteiger partial charge in [-0.3, -0.25) is 14.8 Å². The molecule has 2 rings (SSSR count). The van der Waals surface area contributed by atoms with Gasteiger partial charge in [-0.05, 0) is 18.1 Å². The van der Waals surface area contributed by atoms with Crippen LogP contribution in [-0.2, 0) is 9.53 Å². The first-order chi connectivity index (χ1) is 11.2. The third kappa shape index (κ3) is 5.50. The van der Waals surface area contributed by atoms with Gasteiger partial charge in [0.1, 0.15) is 12.4 Å². The van der Waals surface area contributed by atoms with Crippen LogP contribution >= 0.6 is 24.0 Å². The normalized spacial score (nSPS) is 20.3. The Hall–Kier alpha value is -1.58. The molecule has 0 spiro atoms. The number of rotatable bonds is 5. The standard InChI is InChI=1S/C16H24N4O3.HI/c1-12-10-20(11-14(12)15(21)22-3)16(17-2)19-7-8-23-13-5-4-6-18-9-13;/h4-6,9,12,14H,7-8,10-11H2,1-3H3,(H,17,19);1H. The van der Waals surface area contributed by atoms with Crippen LogP contribution in [0.3, 0.4) is 0 Å². The largest absolute Gasteiger partial charge is 0.490 e. The van der Waals surface area contributed by atoms with Crippen LogP contribution in [-0.4, -0.2) is 62.2 Å². The van der Waals surface area contributed by atoms with Gasteiger partial charge < -0.3 is 19.7 Å². The molecule has 24 heavy (non-hydrogen) atoms. The highest BCUT2D eigenvalue weighted by molar-refractivity contribution is 14.0. The average molecular weight is 448 g/mol. The molecule has 2 heterocycles. The van der Waals surface area contributed by atoms with Crippen LogP contribution in [0.15, 0.2) is 29.5 Å². The number of nitrogens with one attached hydrogen (secondary N) is 1. The van der Waals surface area contributed by atoms with E-state index in [1.165, 1.54) is 7.11 Å². The van der Waals surface area contributed by atoms with E-state index in [0.29, 0.717) is 19.7 Å². The second kappa shape index (κ2) is 10.3. The van der Waals surface area contributed by atoms with Gasteiger partial charge in [-0.1, -0.05) is 6.92 Å². The number of aromatic nitrogens is 1. The molecule has 134 valence electrons. The van der Waals surface area contributed by atoms with Crippen LogP contribution in [0.25, 0.3) is 0 Å². The van der Waals surface area contributed by atoms with E-state index in [1.54, 1.807) is 19.4 Å². The molecule has 1 N–H and O–H groups in total. The van der Waals surface area contributed by atoms with Crippen molar-refractivity contribution in [1.29, 1.82) is 0 Å². The molecule has 1 aromatic heterocycles. The van der Waals surface area contributed by atoms with Crippen LogP contribution in [0.4, 0.5) is 0 Å². The molecule has 1 aromatic rings. The fraction of sp³-hybridized carbons (Fsp3) is 0.562. The number of aliphatic imine (C=N–C) groups is 1. The van der Waals surface area contributed by atoms with Crippen LogP contribution in [0.2, 0.25) is 0 Å². The lowest BCUT2D eigenvalue weighted by Crippen LogP contribution is -2.42. The first-order valence-corrected chi connectivity index (χ1v) is 7.72. The molecule has 2 atom stereocenters. The van der Waals surface area contributed by atoms with Gasteiger partial charge >= 0.3 is 5.97 Å². The Morgan fingerprint density at radius 2 is 2.29 bits per heavy atom. The number of ether oxygens (including phenoxy) is 2. The highest BCUT2D eigenvalue weighted by Gasteiger charge is 2.36. The lowest BCUT2D eigenvalue weighted by atomic mass is 9.99. The van der Waals surface area contributed by atoms with Crippen molar-refractivity contribution in [1.82, 2.24) is 15.2 Å². The minimum atomic E-state index is -0.157. The van der Waals surface area contributed by atoms with E-state index in [1.807, 2.05) is 12.1 Å². The number of hydrogen-bond donors (Lipinski definition) is 1. The number of methoxy groups -OCH3 is 1. The minimum Gasteiger partial charge on any atom is -0.490 e. The van der Waals surface area contributed by atoms with E-state index in [0.717, 1.165) is 18.3 Å². The molecule has 0 bridgehead atoms. The summed E-state index contributed by atoms with van der Waals surface area (Å²) in [5.41, 5.74) is 0. The van der Waals surface area contributed by atoms with Crippen molar-refractivity contribution in [3.05, 3.63) is 24.5 Å². The first kappa shape index (κ1) is 20.5. The van der Waals surface area contributed by atoms with Crippen LogP contribution in [0.5, 0.6) is 5.75 Å². The number of pyridine rings is 1. The second-order valence-corrected chi connectivity index (χ2v) is 5.52. The summed E-state index contributed by atoms with van der Waals surface area (Å²) in [6.45, 7) is 4.59. The fourth-order valence-electron chi connectivity index (χ4n) is 2.69. The summed E-state index contributed by atoms with van der Waals surface area (Å²) >= 11 is 0. The summed E-state index contributed by atoms with van der Waals surface area (Å²) in [6.07, 6.45) is 3.39. The molecule has 1 aliphatic rings. The Kier molecular flexibility index (Phi) is 8.80. The third-order valence-electron chi connectivity index (χ3n) is 3.92. The smallest absolute Gasteiger partial charge is 0.310 e. The van der Waals surface area contributed by atoms with E-state index in [2.05, 4.69) is 27.1 Å². The van der Waals surface area contributed by atoms with Crippen molar-refractivity contribution >= 4 is 35.9 Å². The molecule has 7 nitrogen and oxygen atoms in total. The zero-order chi connectivity index (χ0) is 16.7. The molecule has 0 saturated carbocycles. The van der Waals surface area contributed by atoms with E-state index in [-0.39, 0.29) is 41.8 Å². The number of esters is 1. The van der Waals surface area contributed by atoms with Gasteiger partial charge in [-0.15, -0.1) is 24.0 Å². The molecule has 1 saturated heterocycles. The molecule has 0 radical (unpaired) electrons. The fourth-order valence-corrected chi connectivity index (χ4v) is 2.69. The Bertz CT molecular complexity index is 541. The van der Waals surface area contributed by atoms with E-state index < -0.39 is 0 Å². The highest BCUT2D eigenvalue weighted by Crippen LogP contribution is 2.23. The SMILES string of the molecule is CN=C(NCCOc1cccnc1)N1CC(C)C(C(=O)OC)C1.I. The lowest BCUT2D eigenvalue weighted by molar-refractivity contribution is -0.145. The van der Waals surface area contributed by atoms with Crippen LogP contribution in [0, 0.1) is 11.8 Å². The minimum absolute atomic E-state index is 0. The Balaban J connectivity index is 0.00000288. The molecule has 8 heteroatoms. The van der Waals surface area contributed by atoms with Crippen molar-refractivity contribution in [3.8, 4) is 5.75 Å². The quantitative estimate of drug-likeness (QED) is 0.241. The third-order valence-corrected chi connectivity index (χ3v) is 3.92. The molecular formula is C16H25IN4O3. The number of carbonyl (C=O) groups excluding carboxylic acids is 1. The van der Waals surface area contributed by atoms with Crippen LogP contribution in [0.1, 0.15) is 6.92 Å². The molecule has 1 fully saturated rings. The number of guanidine groups is 1. The zero-order valence-electron chi connectivity index (χ0n) is 14.3. The van der Waals surface area contributed by atoms with Gasteiger partial charge in [0.25, 0.3) is 0 Å². The van der Waals surface area contributed by atoms with Crippen LogP contribution < -0.4 is 10.1 Å². The summed E-state index contributed by atoms with van der Waals surface area (Å²) in [7, 11) is 3.17. The molecule has 2 unspecified atom stereocenters. The summed E-state index contributed by atoms with van der Waals surface area (Å²) in [5, 5.41) is 3.26. The van der Waals surface area contributed by atoms with Gasteiger partial charge in [-0.2, -0.15) is 0 Å². The maximum absolute atomic E-state index is 11.8. The van der Waals surface area contributed by atoms with Gasteiger partial charge in [-0.25, -0.2) is 0 Å². The second-order valence-electron chi connectivity index (χ2n) is 5.52. The topological polar surface area (TPSA) is 76.1 Å². The average Bonchev–Trinajstić information content (AvgIpc) is 2.96. The Labute approximate surface area is 159 Å². The van der Waals surface area contributed by atoms with Crippen molar-refractivity contribution in [2.24, 2.45) is 16.8 Å². The summed E-state index contributed by atoms with van der Waals surface area (Å²) in [5.74, 6) is 1.50. The van der Waals surface area contributed by atoms with Crippen molar-refractivity contribution in [2.75, 3.05) is 40.4 Å². The Morgan fingerprint density at radius 3 is 2.92 bits per heavy atom. The summed E-state index contributed by atoms with van der Waals surface area (Å²) in [6, 6.07) is 3.70. The number of nitrogens with zero attached hydrogens (tertiary/aromatic N) is 3. The predicted molar refractivity (Wildman–Crippen MR) is 103 cm³/mol. The van der Waals surface area contributed by atoms with E-state index in [4.69, 9.17) is 9.47 Å². The van der Waals surface area contributed by atoms with Gasteiger partial charge in [0.05, 0.1) is 25.8 Å². The monoisotopic (exact) mass is 448 g/mol. The zero-order valence-corrected chi connectivity index (χ0v) is 16.6. The molecule has 1 aliphatic heterocycles. The van der Waals surface area contributed by atoms with E-state index >= 15 is 0 Å². The number of likely N-dealkylation sites (tertiary alicyclic amines) is 1. The molecule has 0 aromatic carbocycles. The Morgan fingerprint density at radius 1 is 1.50 bits per heavy atom. The van der Waals surface area contributed by atoms with Gasteiger partial charge in [0, 0.05) is 26.3 Å². The maximum atomic E-state index is 11.8. The maximum Gasteiger partial charge on any atom is 0.310 e. The summed E-state index contributed by atoms with van der Waals surface area (Å²) < 4.78 is 10.5.